The highest BCUT2D eigenvalue weighted by Crippen LogP contribution is 2.43. The van der Waals surface area contributed by atoms with Gasteiger partial charge in [0, 0.05) is 33.6 Å². The topological polar surface area (TPSA) is 29.3 Å². The highest BCUT2D eigenvalue weighted by Gasteiger charge is 2.27. The van der Waals surface area contributed by atoms with E-state index in [1.807, 2.05) is 36.4 Å². The minimum absolute atomic E-state index is 0.210. The molecular weight excluding hydrogens is 512 g/mol. The second-order valence-electron chi connectivity index (χ2n) is 11.6. The Morgan fingerprint density at radius 3 is 2.07 bits per heavy atom. The van der Waals surface area contributed by atoms with Crippen LogP contribution in [0, 0.1) is 0 Å². The molecule has 204 valence electrons. The molecule has 7 aromatic rings. The van der Waals surface area contributed by atoms with Crippen LogP contribution in [0.1, 0.15) is 20.8 Å². The third-order valence-electron chi connectivity index (χ3n) is 7.75. The largest absolute Gasteiger partial charge is 0.435 e. The van der Waals surface area contributed by atoms with Gasteiger partial charge < -0.3 is 9.32 Å². The summed E-state index contributed by atoms with van der Waals surface area (Å²) in [5.41, 5.74) is 9.20. The van der Waals surface area contributed by atoms with E-state index in [2.05, 4.69) is 129 Å². The van der Waals surface area contributed by atoms with E-state index in [1.165, 1.54) is 21.9 Å². The summed E-state index contributed by atoms with van der Waals surface area (Å²) in [7, 11) is 0. The molecule has 0 unspecified atom stereocenters. The molecule has 1 aromatic heterocycles. The monoisotopic (exact) mass is 544 g/mol. The van der Waals surface area contributed by atoms with Crippen molar-refractivity contribution in [1.29, 1.82) is 0 Å². The molecule has 0 bridgehead atoms. The van der Waals surface area contributed by atoms with Crippen LogP contribution in [0.2, 0.25) is 0 Å². The molecule has 0 saturated heterocycles. The Morgan fingerprint density at radius 2 is 1.21 bits per heavy atom. The number of hydrogen-bond acceptors (Lipinski definition) is 3. The van der Waals surface area contributed by atoms with Crippen molar-refractivity contribution < 1.29 is 4.42 Å². The van der Waals surface area contributed by atoms with E-state index >= 15 is 0 Å². The molecule has 0 N–H and O–H groups in total. The van der Waals surface area contributed by atoms with Crippen molar-refractivity contribution in [3.8, 4) is 33.7 Å². The molecule has 0 radical (unpaired) electrons. The maximum absolute atomic E-state index is 6.45. The molecule has 6 aromatic carbocycles. The smallest absolute Gasteiger partial charge is 0.227 e. The minimum atomic E-state index is -0.210. The van der Waals surface area contributed by atoms with Crippen molar-refractivity contribution in [3.63, 3.8) is 0 Å². The molecule has 42 heavy (non-hydrogen) atoms. The number of benzene rings is 6. The number of rotatable bonds is 5. The second-order valence-corrected chi connectivity index (χ2v) is 11.6. The highest BCUT2D eigenvalue weighted by atomic mass is 16.3. The van der Waals surface area contributed by atoms with Crippen molar-refractivity contribution in [1.82, 2.24) is 4.98 Å². The van der Waals surface area contributed by atoms with Crippen LogP contribution in [0.3, 0.4) is 0 Å². The van der Waals surface area contributed by atoms with Gasteiger partial charge in [-0.2, -0.15) is 0 Å². The molecule has 0 fully saturated rings. The van der Waals surface area contributed by atoms with Crippen molar-refractivity contribution in [2.24, 2.45) is 0 Å². The van der Waals surface area contributed by atoms with Gasteiger partial charge in [-0.1, -0.05) is 103 Å². The van der Waals surface area contributed by atoms with Gasteiger partial charge in [0.2, 0.25) is 5.89 Å². The first-order chi connectivity index (χ1) is 20.5. The summed E-state index contributed by atoms with van der Waals surface area (Å²) in [6.45, 7) is 6.78. The SMILES string of the molecule is CC(C)(C)N(c1cccc(-c2cccc3ccccc23)c1)c1ccccc1-c1cccc2nc(-c3ccccc3)oc12. The number of aromatic nitrogens is 1. The lowest BCUT2D eigenvalue weighted by Gasteiger charge is -2.39. The zero-order chi connectivity index (χ0) is 28.7. The fourth-order valence-electron chi connectivity index (χ4n) is 5.94. The predicted octanol–water partition coefficient (Wildman–Crippen LogP) is 10.9. The van der Waals surface area contributed by atoms with Gasteiger partial charge >= 0.3 is 0 Å². The van der Waals surface area contributed by atoms with E-state index in [9.17, 15) is 0 Å². The van der Waals surface area contributed by atoms with Crippen LogP contribution >= 0.6 is 0 Å². The molecule has 3 heteroatoms. The first-order valence-corrected chi connectivity index (χ1v) is 14.4. The van der Waals surface area contributed by atoms with Crippen LogP contribution in [0.15, 0.2) is 144 Å². The summed E-state index contributed by atoms with van der Waals surface area (Å²) in [6, 6.07) is 48.9. The minimum Gasteiger partial charge on any atom is -0.435 e. The molecule has 7 rings (SSSR count). The Labute approximate surface area is 246 Å². The zero-order valence-corrected chi connectivity index (χ0v) is 24.1. The van der Waals surface area contributed by atoms with Gasteiger partial charge in [-0.25, -0.2) is 4.98 Å². The quantitative estimate of drug-likeness (QED) is 0.216. The number of hydrogen-bond donors (Lipinski definition) is 0. The normalized spacial score (nSPS) is 11.7. The Kier molecular flexibility index (Phi) is 6.36. The second kappa shape index (κ2) is 10.4. The number of para-hydroxylation sites is 2. The van der Waals surface area contributed by atoms with Gasteiger partial charge in [-0.15, -0.1) is 0 Å². The highest BCUT2D eigenvalue weighted by molar-refractivity contribution is 5.99. The van der Waals surface area contributed by atoms with Crippen LogP contribution in [0.5, 0.6) is 0 Å². The number of fused-ring (bicyclic) bond motifs is 2. The summed E-state index contributed by atoms with van der Waals surface area (Å²) in [6.07, 6.45) is 0. The molecule has 0 spiro atoms. The fourth-order valence-corrected chi connectivity index (χ4v) is 5.94. The van der Waals surface area contributed by atoms with E-state index in [4.69, 9.17) is 9.40 Å². The summed E-state index contributed by atoms with van der Waals surface area (Å²) < 4.78 is 6.45. The average molecular weight is 545 g/mol. The predicted molar refractivity (Wildman–Crippen MR) is 176 cm³/mol. The van der Waals surface area contributed by atoms with E-state index in [-0.39, 0.29) is 5.54 Å². The van der Waals surface area contributed by atoms with E-state index < -0.39 is 0 Å². The Balaban J connectivity index is 1.39. The van der Waals surface area contributed by atoms with Crippen molar-refractivity contribution in [2.75, 3.05) is 4.90 Å². The molecule has 0 aliphatic rings. The lowest BCUT2D eigenvalue weighted by atomic mass is 9.95. The van der Waals surface area contributed by atoms with Gasteiger partial charge in [0.15, 0.2) is 5.58 Å². The van der Waals surface area contributed by atoms with Crippen LogP contribution < -0.4 is 4.90 Å². The van der Waals surface area contributed by atoms with E-state index in [0.717, 1.165) is 39.2 Å². The van der Waals surface area contributed by atoms with Gasteiger partial charge in [-0.3, -0.25) is 0 Å². The van der Waals surface area contributed by atoms with Crippen molar-refractivity contribution in [3.05, 3.63) is 140 Å². The van der Waals surface area contributed by atoms with Crippen molar-refractivity contribution >= 4 is 33.2 Å². The lowest BCUT2D eigenvalue weighted by molar-refractivity contribution is 0.560. The molecule has 3 nitrogen and oxygen atoms in total. The summed E-state index contributed by atoms with van der Waals surface area (Å²) in [5.74, 6) is 0.631. The molecule has 1 heterocycles. The van der Waals surface area contributed by atoms with Crippen LogP contribution in [0.4, 0.5) is 11.4 Å². The van der Waals surface area contributed by atoms with Crippen LogP contribution in [-0.2, 0) is 0 Å². The van der Waals surface area contributed by atoms with Gasteiger partial charge in [0.25, 0.3) is 0 Å². The third kappa shape index (κ3) is 4.63. The van der Waals surface area contributed by atoms with Gasteiger partial charge in [-0.05, 0) is 79.1 Å². The maximum atomic E-state index is 6.45. The molecule has 0 aliphatic heterocycles. The summed E-state index contributed by atoms with van der Waals surface area (Å²) in [4.78, 5) is 7.28. The molecule has 0 aliphatic carbocycles. The number of nitrogens with zero attached hydrogens (tertiary/aromatic N) is 2. The molecule has 0 amide bonds. The van der Waals surface area contributed by atoms with E-state index in [0.29, 0.717) is 5.89 Å². The summed E-state index contributed by atoms with van der Waals surface area (Å²) >= 11 is 0. The van der Waals surface area contributed by atoms with Crippen molar-refractivity contribution in [2.45, 2.75) is 26.3 Å². The molecule has 0 atom stereocenters. The first-order valence-electron chi connectivity index (χ1n) is 14.4. The Morgan fingerprint density at radius 1 is 0.571 bits per heavy atom. The lowest BCUT2D eigenvalue weighted by Crippen LogP contribution is -2.37. The van der Waals surface area contributed by atoms with Gasteiger partial charge in [0.05, 0.1) is 0 Å². The summed E-state index contributed by atoms with van der Waals surface area (Å²) in [5, 5.41) is 2.50. The maximum Gasteiger partial charge on any atom is 0.227 e. The standard InChI is InChI=1S/C39H32N2O/c1-39(2,3)41(30-19-11-18-29(26-30)32-22-12-17-27-14-7-8-20-31(27)32)36-25-10-9-21-33(36)34-23-13-24-35-37(34)42-38(40-35)28-15-5-4-6-16-28/h4-26H,1-3H3. The Bertz CT molecular complexity index is 2030. The average Bonchev–Trinajstić information content (AvgIpc) is 3.46. The number of anilines is 2. The Hall–Kier alpha value is -5.15. The van der Waals surface area contributed by atoms with Gasteiger partial charge in [0.1, 0.15) is 5.52 Å². The third-order valence-corrected chi connectivity index (χ3v) is 7.75. The zero-order valence-electron chi connectivity index (χ0n) is 24.1. The number of oxazole rings is 1. The fraction of sp³-hybridized carbons (Fsp3) is 0.103. The first kappa shape index (κ1) is 25.8. The van der Waals surface area contributed by atoms with Crippen LogP contribution in [0.25, 0.3) is 55.6 Å². The molecule has 0 saturated carbocycles. The van der Waals surface area contributed by atoms with Crippen LogP contribution in [-0.4, -0.2) is 10.5 Å². The molecular formula is C39H32N2O. The van der Waals surface area contributed by atoms with E-state index in [1.54, 1.807) is 0 Å².